The van der Waals surface area contributed by atoms with E-state index in [1.165, 1.54) is 0 Å². The topological polar surface area (TPSA) is 57.4 Å². The first-order valence-corrected chi connectivity index (χ1v) is 7.57. The van der Waals surface area contributed by atoms with Crippen molar-refractivity contribution in [3.05, 3.63) is 58.9 Å². The maximum absolute atomic E-state index is 5.86. The van der Waals surface area contributed by atoms with Crippen LogP contribution in [0.3, 0.4) is 0 Å². The Morgan fingerprint density at radius 1 is 1.00 bits per heavy atom. The Labute approximate surface area is 135 Å². The minimum absolute atomic E-state index is 0.344. The van der Waals surface area contributed by atoms with Crippen LogP contribution in [0.4, 0.5) is 0 Å². The second kappa shape index (κ2) is 5.46. The molecule has 0 bridgehead atoms. The van der Waals surface area contributed by atoms with Crippen molar-refractivity contribution in [2.45, 2.75) is 6.10 Å². The molecule has 5 nitrogen and oxygen atoms in total. The van der Waals surface area contributed by atoms with Gasteiger partial charge in [0.1, 0.15) is 6.61 Å². The molecule has 2 aromatic carbocycles. The molecule has 110 valence electrons. The van der Waals surface area contributed by atoms with Crippen molar-refractivity contribution in [3.8, 4) is 23.0 Å². The zero-order chi connectivity index (χ0) is 14.9. The van der Waals surface area contributed by atoms with E-state index in [9.17, 15) is 0 Å². The lowest BCUT2D eigenvalue weighted by molar-refractivity contribution is 0.0716. The molecule has 6 heteroatoms. The zero-order valence-corrected chi connectivity index (χ0v) is 13.0. The Hall–Kier alpha value is -2.34. The Morgan fingerprint density at radius 3 is 2.73 bits per heavy atom. The number of fused-ring (bicyclic) bond motifs is 1. The summed E-state index contributed by atoms with van der Waals surface area (Å²) < 4.78 is 18.2. The molecule has 0 spiro atoms. The van der Waals surface area contributed by atoms with E-state index in [4.69, 9.17) is 13.9 Å². The predicted molar refractivity (Wildman–Crippen MR) is 82.7 cm³/mol. The summed E-state index contributed by atoms with van der Waals surface area (Å²) in [7, 11) is 0. The summed E-state index contributed by atoms with van der Waals surface area (Å²) in [6, 6.07) is 15.2. The van der Waals surface area contributed by atoms with E-state index >= 15 is 0 Å². The molecule has 0 radical (unpaired) electrons. The molecular formula is C16H11BrN2O3. The number of rotatable bonds is 2. The monoisotopic (exact) mass is 358 g/mol. The van der Waals surface area contributed by atoms with Gasteiger partial charge in [-0.2, -0.15) is 0 Å². The quantitative estimate of drug-likeness (QED) is 0.692. The third-order valence-corrected chi connectivity index (χ3v) is 3.79. The van der Waals surface area contributed by atoms with Crippen LogP contribution >= 0.6 is 15.9 Å². The molecule has 1 aliphatic heterocycles. The second-order valence-electron chi connectivity index (χ2n) is 4.82. The molecule has 0 amide bonds. The standard InChI is InChI=1S/C16H11BrN2O3/c17-11-5-3-4-10(8-11)15-18-19-16(22-15)14-9-20-12-6-1-2-7-13(12)21-14/h1-8,14H,9H2. The first kappa shape index (κ1) is 13.3. The number of benzene rings is 2. The smallest absolute Gasteiger partial charge is 0.260 e. The highest BCUT2D eigenvalue weighted by atomic mass is 79.9. The molecule has 0 N–H and O–H groups in total. The SMILES string of the molecule is Brc1cccc(-c2nnc(C3COc4ccccc4O3)o2)c1. The van der Waals surface area contributed by atoms with Crippen molar-refractivity contribution in [1.29, 1.82) is 0 Å². The number of nitrogens with zero attached hydrogens (tertiary/aromatic N) is 2. The van der Waals surface area contributed by atoms with Crippen LogP contribution in [-0.4, -0.2) is 16.8 Å². The van der Waals surface area contributed by atoms with Gasteiger partial charge >= 0.3 is 0 Å². The summed E-state index contributed by atoms with van der Waals surface area (Å²) in [5, 5.41) is 8.17. The number of halogens is 1. The van der Waals surface area contributed by atoms with Crippen LogP contribution in [0.5, 0.6) is 11.5 Å². The molecule has 3 aromatic rings. The molecule has 1 aliphatic rings. The summed E-state index contributed by atoms with van der Waals surface area (Å²) in [5.41, 5.74) is 0.852. The Bertz CT molecular complexity index is 818. The number of para-hydroxylation sites is 2. The van der Waals surface area contributed by atoms with Crippen LogP contribution in [0.15, 0.2) is 57.4 Å². The van der Waals surface area contributed by atoms with E-state index < -0.39 is 6.10 Å². The van der Waals surface area contributed by atoms with E-state index in [-0.39, 0.29) is 0 Å². The summed E-state index contributed by atoms with van der Waals surface area (Å²) in [6.45, 7) is 0.344. The Balaban J connectivity index is 1.60. The van der Waals surface area contributed by atoms with Crippen LogP contribution in [-0.2, 0) is 0 Å². The average molecular weight is 359 g/mol. The second-order valence-corrected chi connectivity index (χ2v) is 5.74. The fourth-order valence-electron chi connectivity index (χ4n) is 2.24. The molecule has 22 heavy (non-hydrogen) atoms. The van der Waals surface area contributed by atoms with Crippen LogP contribution in [0, 0.1) is 0 Å². The fourth-order valence-corrected chi connectivity index (χ4v) is 2.64. The van der Waals surface area contributed by atoms with E-state index in [0.29, 0.717) is 24.1 Å². The molecule has 0 saturated carbocycles. The van der Waals surface area contributed by atoms with Gasteiger partial charge in [-0.25, -0.2) is 0 Å². The average Bonchev–Trinajstić information content (AvgIpc) is 3.04. The number of ether oxygens (including phenoxy) is 2. The molecule has 0 aliphatic carbocycles. The molecule has 4 rings (SSSR count). The number of hydrogen-bond acceptors (Lipinski definition) is 5. The van der Waals surface area contributed by atoms with Gasteiger partial charge in [0.25, 0.3) is 5.89 Å². The van der Waals surface area contributed by atoms with Gasteiger partial charge in [-0.05, 0) is 30.3 Å². The number of aromatic nitrogens is 2. The fraction of sp³-hybridized carbons (Fsp3) is 0.125. The van der Waals surface area contributed by atoms with Gasteiger partial charge in [0.05, 0.1) is 0 Å². The van der Waals surface area contributed by atoms with Gasteiger partial charge < -0.3 is 13.9 Å². The Morgan fingerprint density at radius 2 is 1.86 bits per heavy atom. The van der Waals surface area contributed by atoms with E-state index in [0.717, 1.165) is 15.8 Å². The third kappa shape index (κ3) is 2.46. The highest BCUT2D eigenvalue weighted by Crippen LogP contribution is 2.36. The summed E-state index contributed by atoms with van der Waals surface area (Å²) in [5.74, 6) is 2.27. The first-order chi connectivity index (χ1) is 10.8. The first-order valence-electron chi connectivity index (χ1n) is 6.77. The van der Waals surface area contributed by atoms with Crippen LogP contribution in [0.1, 0.15) is 12.0 Å². The Kier molecular flexibility index (Phi) is 3.31. The largest absolute Gasteiger partial charge is 0.485 e. The minimum atomic E-state index is -0.400. The molecule has 2 heterocycles. The number of hydrogen-bond donors (Lipinski definition) is 0. The summed E-state index contributed by atoms with van der Waals surface area (Å²) in [6.07, 6.45) is -0.400. The van der Waals surface area contributed by atoms with Crippen molar-refractivity contribution < 1.29 is 13.9 Å². The summed E-state index contributed by atoms with van der Waals surface area (Å²) >= 11 is 3.43. The highest BCUT2D eigenvalue weighted by Gasteiger charge is 2.27. The van der Waals surface area contributed by atoms with Gasteiger partial charge in [-0.15, -0.1) is 10.2 Å². The normalized spacial score (nSPS) is 16.5. The maximum atomic E-state index is 5.86. The van der Waals surface area contributed by atoms with Gasteiger partial charge in [0, 0.05) is 10.0 Å². The van der Waals surface area contributed by atoms with E-state index in [2.05, 4.69) is 26.1 Å². The third-order valence-electron chi connectivity index (χ3n) is 3.30. The van der Waals surface area contributed by atoms with Crippen molar-refractivity contribution in [1.82, 2.24) is 10.2 Å². The zero-order valence-electron chi connectivity index (χ0n) is 11.4. The molecular weight excluding hydrogens is 348 g/mol. The van der Waals surface area contributed by atoms with Gasteiger partial charge in [-0.3, -0.25) is 0 Å². The van der Waals surface area contributed by atoms with Crippen molar-refractivity contribution in [2.24, 2.45) is 0 Å². The summed E-state index contributed by atoms with van der Waals surface area (Å²) in [4.78, 5) is 0. The van der Waals surface area contributed by atoms with Crippen molar-refractivity contribution in [2.75, 3.05) is 6.61 Å². The van der Waals surface area contributed by atoms with Crippen molar-refractivity contribution in [3.63, 3.8) is 0 Å². The maximum Gasteiger partial charge on any atom is 0.260 e. The lowest BCUT2D eigenvalue weighted by Crippen LogP contribution is -2.21. The molecule has 0 fully saturated rings. The lowest BCUT2D eigenvalue weighted by Gasteiger charge is -2.23. The van der Waals surface area contributed by atoms with Crippen LogP contribution in [0.2, 0.25) is 0 Å². The molecule has 1 unspecified atom stereocenters. The predicted octanol–water partition coefficient (Wildman–Crippen LogP) is 4.01. The molecule has 0 saturated heterocycles. The van der Waals surface area contributed by atoms with Gasteiger partial charge in [0.15, 0.2) is 11.5 Å². The van der Waals surface area contributed by atoms with Crippen LogP contribution < -0.4 is 9.47 Å². The van der Waals surface area contributed by atoms with E-state index in [1.807, 2.05) is 48.5 Å². The van der Waals surface area contributed by atoms with Crippen LogP contribution in [0.25, 0.3) is 11.5 Å². The molecule has 1 aromatic heterocycles. The molecule has 1 atom stereocenters. The highest BCUT2D eigenvalue weighted by molar-refractivity contribution is 9.10. The minimum Gasteiger partial charge on any atom is -0.485 e. The van der Waals surface area contributed by atoms with Crippen molar-refractivity contribution >= 4 is 15.9 Å². The lowest BCUT2D eigenvalue weighted by atomic mass is 10.2. The van der Waals surface area contributed by atoms with Gasteiger partial charge in [0.2, 0.25) is 12.0 Å². The van der Waals surface area contributed by atoms with Gasteiger partial charge in [-0.1, -0.05) is 34.1 Å². The van der Waals surface area contributed by atoms with E-state index in [1.54, 1.807) is 0 Å².